The first kappa shape index (κ1) is 8.89. The fourth-order valence-corrected chi connectivity index (χ4v) is 1.28. The summed E-state index contributed by atoms with van der Waals surface area (Å²) in [6.07, 6.45) is -2.89. The molecule has 1 aliphatic carbocycles. The topological polar surface area (TPSA) is 101 Å². The van der Waals surface area contributed by atoms with Crippen molar-refractivity contribution in [3.63, 3.8) is 0 Å². The second-order valence-corrected chi connectivity index (χ2v) is 3.12. The number of aliphatic hydroxyl groups excluding tert-OH is 3. The summed E-state index contributed by atoms with van der Waals surface area (Å²) in [5, 5.41) is 45.0. The van der Waals surface area contributed by atoms with Crippen molar-refractivity contribution < 1.29 is 25.5 Å². The van der Waals surface area contributed by atoms with Crippen LogP contribution in [0.15, 0.2) is 0 Å². The molecule has 4 atom stereocenters. The zero-order valence-electron chi connectivity index (χ0n) is 6.10. The van der Waals surface area contributed by atoms with Crippen LogP contribution in [-0.4, -0.2) is 55.5 Å². The Labute approximate surface area is 63.5 Å². The number of hydrogen-bond acceptors (Lipinski definition) is 5. The summed E-state index contributed by atoms with van der Waals surface area (Å²) < 4.78 is 0. The quantitative estimate of drug-likeness (QED) is 0.288. The molecule has 0 bridgehead atoms. The van der Waals surface area contributed by atoms with E-state index >= 15 is 0 Å². The Bertz CT molecular complexity index is 168. The molecule has 1 fully saturated rings. The lowest BCUT2D eigenvalue weighted by Crippen LogP contribution is -2.82. The Kier molecular flexibility index (Phi) is 1.74. The van der Waals surface area contributed by atoms with Crippen LogP contribution in [0.1, 0.15) is 6.92 Å². The predicted octanol–water partition coefficient (Wildman–Crippen LogP) is -2.80. The standard InChI is InChI=1S/C6H12O5/c1-5(10)3(8)4(9)6(5,11)2-7/h3-4,7-11H,2H2,1H3. The molecule has 1 rings (SSSR count). The molecule has 5 heteroatoms. The Morgan fingerprint density at radius 1 is 1.18 bits per heavy atom. The van der Waals surface area contributed by atoms with Gasteiger partial charge in [-0.15, -0.1) is 0 Å². The van der Waals surface area contributed by atoms with Gasteiger partial charge in [-0.2, -0.15) is 0 Å². The Hall–Kier alpha value is -0.200. The van der Waals surface area contributed by atoms with E-state index in [0.29, 0.717) is 0 Å². The fourth-order valence-electron chi connectivity index (χ4n) is 1.28. The second-order valence-electron chi connectivity index (χ2n) is 3.12. The zero-order valence-corrected chi connectivity index (χ0v) is 6.10. The summed E-state index contributed by atoms with van der Waals surface area (Å²) in [5.41, 5.74) is -3.83. The van der Waals surface area contributed by atoms with Gasteiger partial charge in [0.25, 0.3) is 0 Å². The maximum atomic E-state index is 9.28. The van der Waals surface area contributed by atoms with E-state index in [4.69, 9.17) is 15.3 Å². The van der Waals surface area contributed by atoms with Crippen molar-refractivity contribution in [1.29, 1.82) is 0 Å². The number of rotatable bonds is 1. The van der Waals surface area contributed by atoms with Crippen molar-refractivity contribution in [1.82, 2.24) is 0 Å². The lowest BCUT2D eigenvalue weighted by atomic mass is 9.62. The van der Waals surface area contributed by atoms with Crippen LogP contribution in [0.5, 0.6) is 0 Å². The van der Waals surface area contributed by atoms with Crippen molar-refractivity contribution in [2.75, 3.05) is 6.61 Å². The van der Waals surface area contributed by atoms with Crippen molar-refractivity contribution in [2.24, 2.45) is 0 Å². The minimum atomic E-state index is -1.99. The highest BCUT2D eigenvalue weighted by molar-refractivity contribution is 5.19. The van der Waals surface area contributed by atoms with E-state index in [-0.39, 0.29) is 0 Å². The third kappa shape index (κ3) is 0.771. The molecule has 66 valence electrons. The lowest BCUT2D eigenvalue weighted by Gasteiger charge is -2.56. The van der Waals surface area contributed by atoms with Gasteiger partial charge in [0.05, 0.1) is 6.61 Å². The molecule has 0 aromatic heterocycles. The lowest BCUT2D eigenvalue weighted by molar-refractivity contribution is -0.343. The monoisotopic (exact) mass is 164 g/mol. The van der Waals surface area contributed by atoms with E-state index < -0.39 is 30.0 Å². The van der Waals surface area contributed by atoms with Crippen molar-refractivity contribution in [3.8, 4) is 0 Å². The summed E-state index contributed by atoms with van der Waals surface area (Å²) in [6, 6.07) is 0. The van der Waals surface area contributed by atoms with Crippen LogP contribution in [0.25, 0.3) is 0 Å². The fraction of sp³-hybridized carbons (Fsp3) is 1.00. The summed E-state index contributed by atoms with van der Waals surface area (Å²) in [4.78, 5) is 0. The molecular weight excluding hydrogens is 152 g/mol. The molecule has 11 heavy (non-hydrogen) atoms. The molecule has 4 unspecified atom stereocenters. The normalized spacial score (nSPS) is 57.3. The molecule has 0 aromatic rings. The Balaban J connectivity index is 2.84. The molecule has 5 N–H and O–H groups in total. The molecule has 0 amide bonds. The zero-order chi connectivity index (χ0) is 8.86. The molecule has 0 aliphatic heterocycles. The van der Waals surface area contributed by atoms with Crippen LogP contribution < -0.4 is 0 Å². The number of hydrogen-bond donors (Lipinski definition) is 5. The smallest absolute Gasteiger partial charge is 0.147 e. The van der Waals surface area contributed by atoms with Crippen molar-refractivity contribution in [3.05, 3.63) is 0 Å². The average molecular weight is 164 g/mol. The van der Waals surface area contributed by atoms with Crippen LogP contribution >= 0.6 is 0 Å². The van der Waals surface area contributed by atoms with E-state index in [0.717, 1.165) is 6.92 Å². The number of aliphatic hydroxyl groups is 5. The van der Waals surface area contributed by atoms with E-state index in [9.17, 15) is 10.2 Å². The highest BCUT2D eigenvalue weighted by Gasteiger charge is 2.68. The van der Waals surface area contributed by atoms with Gasteiger partial charge in [0.1, 0.15) is 23.4 Å². The van der Waals surface area contributed by atoms with Gasteiger partial charge in [-0.1, -0.05) is 0 Å². The summed E-state index contributed by atoms with van der Waals surface area (Å²) in [6.45, 7) is 0.374. The third-order valence-electron chi connectivity index (χ3n) is 2.48. The van der Waals surface area contributed by atoms with Gasteiger partial charge in [-0.05, 0) is 6.92 Å². The van der Waals surface area contributed by atoms with Crippen LogP contribution in [0.4, 0.5) is 0 Å². The highest BCUT2D eigenvalue weighted by atomic mass is 16.5. The Morgan fingerprint density at radius 3 is 1.82 bits per heavy atom. The summed E-state index contributed by atoms with van der Waals surface area (Å²) >= 11 is 0. The molecule has 0 spiro atoms. The van der Waals surface area contributed by atoms with Gasteiger partial charge in [0.2, 0.25) is 0 Å². The summed E-state index contributed by atoms with van der Waals surface area (Å²) in [7, 11) is 0. The molecule has 0 aromatic carbocycles. The third-order valence-corrected chi connectivity index (χ3v) is 2.48. The minimum Gasteiger partial charge on any atom is -0.393 e. The van der Waals surface area contributed by atoms with E-state index in [2.05, 4.69) is 0 Å². The van der Waals surface area contributed by atoms with Gasteiger partial charge < -0.3 is 25.5 Å². The maximum Gasteiger partial charge on any atom is 0.147 e. The summed E-state index contributed by atoms with van der Waals surface area (Å²) in [5.74, 6) is 0. The molecule has 5 nitrogen and oxygen atoms in total. The predicted molar refractivity (Wildman–Crippen MR) is 34.7 cm³/mol. The van der Waals surface area contributed by atoms with Crippen molar-refractivity contribution >= 4 is 0 Å². The molecule has 1 saturated carbocycles. The minimum absolute atomic E-state index is 0.780. The molecule has 1 aliphatic rings. The maximum absolute atomic E-state index is 9.28. The molecule has 0 saturated heterocycles. The van der Waals surface area contributed by atoms with Crippen LogP contribution in [0, 0.1) is 0 Å². The average Bonchev–Trinajstić information content (AvgIpc) is 2.00. The van der Waals surface area contributed by atoms with E-state index in [1.165, 1.54) is 0 Å². The highest BCUT2D eigenvalue weighted by Crippen LogP contribution is 2.42. The van der Waals surface area contributed by atoms with Crippen LogP contribution in [0.3, 0.4) is 0 Å². The van der Waals surface area contributed by atoms with E-state index in [1.807, 2.05) is 0 Å². The van der Waals surface area contributed by atoms with Crippen LogP contribution in [0.2, 0.25) is 0 Å². The van der Waals surface area contributed by atoms with E-state index in [1.54, 1.807) is 0 Å². The first-order chi connectivity index (χ1) is 4.88. The molecule has 0 radical (unpaired) electrons. The molecule has 0 heterocycles. The van der Waals surface area contributed by atoms with Crippen molar-refractivity contribution in [2.45, 2.75) is 30.3 Å². The Morgan fingerprint density at radius 2 is 1.64 bits per heavy atom. The van der Waals surface area contributed by atoms with Crippen LogP contribution in [-0.2, 0) is 0 Å². The first-order valence-electron chi connectivity index (χ1n) is 3.29. The van der Waals surface area contributed by atoms with Gasteiger partial charge in [0.15, 0.2) is 0 Å². The first-order valence-corrected chi connectivity index (χ1v) is 3.29. The van der Waals surface area contributed by atoms with Gasteiger partial charge in [-0.3, -0.25) is 0 Å². The van der Waals surface area contributed by atoms with Gasteiger partial charge >= 0.3 is 0 Å². The second kappa shape index (κ2) is 2.15. The SMILES string of the molecule is CC1(O)C(O)C(O)C1(O)CO. The molecular formula is C6H12O5. The van der Waals surface area contributed by atoms with Gasteiger partial charge in [-0.25, -0.2) is 0 Å². The van der Waals surface area contributed by atoms with Gasteiger partial charge in [0, 0.05) is 0 Å². The largest absolute Gasteiger partial charge is 0.393 e.